The second kappa shape index (κ2) is 10.9. The fourth-order valence-electron chi connectivity index (χ4n) is 5.15. The van der Waals surface area contributed by atoms with Gasteiger partial charge in [-0.25, -0.2) is 4.79 Å². The lowest BCUT2D eigenvalue weighted by molar-refractivity contribution is -0.137. The molecule has 1 fully saturated rings. The molecule has 2 aliphatic heterocycles. The number of alkyl halides is 3. The SMILES string of the molecule is CC(=O)C1=C(C)N(c2cccc(C(F)(F)F)c2)C(=O)N(C)C1c1ccc(C#N)cc1C(=O)NC1CCNCC1. The van der Waals surface area contributed by atoms with Crippen molar-refractivity contribution < 1.29 is 27.6 Å². The molecule has 8 nitrogen and oxygen atoms in total. The van der Waals surface area contributed by atoms with E-state index in [9.17, 15) is 32.8 Å². The normalized spacial score (nSPS) is 18.7. The summed E-state index contributed by atoms with van der Waals surface area (Å²) >= 11 is 0. The van der Waals surface area contributed by atoms with Gasteiger partial charge in [0.15, 0.2) is 5.78 Å². The highest BCUT2D eigenvalue weighted by atomic mass is 19.4. The fourth-order valence-corrected chi connectivity index (χ4v) is 5.15. The van der Waals surface area contributed by atoms with Gasteiger partial charge in [-0.1, -0.05) is 12.1 Å². The molecule has 2 aliphatic rings. The lowest BCUT2D eigenvalue weighted by Gasteiger charge is -2.41. The molecule has 1 unspecified atom stereocenters. The largest absolute Gasteiger partial charge is 0.416 e. The van der Waals surface area contributed by atoms with Crippen molar-refractivity contribution in [1.82, 2.24) is 15.5 Å². The van der Waals surface area contributed by atoms with Gasteiger partial charge in [-0.2, -0.15) is 18.4 Å². The van der Waals surface area contributed by atoms with Gasteiger partial charge in [0.25, 0.3) is 5.91 Å². The van der Waals surface area contributed by atoms with Crippen LogP contribution in [-0.4, -0.2) is 48.8 Å². The minimum absolute atomic E-state index is 0.0416. The number of allylic oxidation sites excluding steroid dienone is 1. The molecule has 1 atom stereocenters. The highest BCUT2D eigenvalue weighted by Gasteiger charge is 2.41. The van der Waals surface area contributed by atoms with Crippen LogP contribution in [0.1, 0.15) is 59.8 Å². The number of hydrogen-bond donors (Lipinski definition) is 2. The number of piperidine rings is 1. The Kier molecular flexibility index (Phi) is 7.79. The Labute approximate surface area is 224 Å². The number of urea groups is 1. The summed E-state index contributed by atoms with van der Waals surface area (Å²) in [5.41, 5.74) is 0.0495. The highest BCUT2D eigenvalue weighted by molar-refractivity contribution is 6.06. The first kappa shape index (κ1) is 27.9. The van der Waals surface area contributed by atoms with Crippen LogP contribution < -0.4 is 15.5 Å². The van der Waals surface area contributed by atoms with Crippen molar-refractivity contribution in [1.29, 1.82) is 5.26 Å². The third-order valence-electron chi connectivity index (χ3n) is 7.09. The van der Waals surface area contributed by atoms with Gasteiger partial charge in [-0.15, -0.1) is 0 Å². The summed E-state index contributed by atoms with van der Waals surface area (Å²) < 4.78 is 40.2. The topological polar surface area (TPSA) is 106 Å². The summed E-state index contributed by atoms with van der Waals surface area (Å²) in [6, 6.07) is 9.05. The number of likely N-dealkylation sites (N-methyl/N-ethyl adjacent to an activating group) is 1. The van der Waals surface area contributed by atoms with E-state index in [2.05, 4.69) is 10.6 Å². The van der Waals surface area contributed by atoms with Gasteiger partial charge >= 0.3 is 12.2 Å². The number of nitriles is 1. The molecule has 0 bridgehead atoms. The van der Waals surface area contributed by atoms with E-state index in [4.69, 9.17) is 0 Å². The van der Waals surface area contributed by atoms with Gasteiger partial charge in [0.05, 0.1) is 28.9 Å². The molecule has 3 amide bonds. The zero-order valence-electron chi connectivity index (χ0n) is 21.7. The van der Waals surface area contributed by atoms with Crippen molar-refractivity contribution in [2.45, 2.75) is 44.9 Å². The van der Waals surface area contributed by atoms with E-state index in [0.29, 0.717) is 5.56 Å². The lowest BCUT2D eigenvalue weighted by Crippen LogP contribution is -2.49. The Balaban J connectivity index is 1.83. The Hall–Kier alpha value is -4.17. The molecule has 2 aromatic carbocycles. The Morgan fingerprint density at radius 1 is 1.13 bits per heavy atom. The van der Waals surface area contributed by atoms with Crippen molar-refractivity contribution >= 4 is 23.4 Å². The summed E-state index contributed by atoms with van der Waals surface area (Å²) in [6.45, 7) is 4.29. The first-order valence-electron chi connectivity index (χ1n) is 12.5. The zero-order chi connectivity index (χ0) is 28.5. The van der Waals surface area contributed by atoms with E-state index in [-0.39, 0.29) is 34.1 Å². The monoisotopic (exact) mass is 539 g/mol. The molecule has 0 aliphatic carbocycles. The number of anilines is 1. The van der Waals surface area contributed by atoms with Crippen LogP contribution in [0.25, 0.3) is 0 Å². The number of ketones is 1. The number of nitrogens with zero attached hydrogens (tertiary/aromatic N) is 3. The molecule has 11 heteroatoms. The number of hydrogen-bond acceptors (Lipinski definition) is 5. The van der Waals surface area contributed by atoms with Crippen LogP contribution in [0.5, 0.6) is 0 Å². The summed E-state index contributed by atoms with van der Waals surface area (Å²) in [4.78, 5) is 42.4. The minimum Gasteiger partial charge on any atom is -0.349 e. The highest BCUT2D eigenvalue weighted by Crippen LogP contribution is 2.41. The molecule has 0 radical (unpaired) electrons. The number of carbonyl (C=O) groups excluding carboxylic acids is 3. The van der Waals surface area contributed by atoms with Gasteiger partial charge in [-0.05, 0) is 75.7 Å². The smallest absolute Gasteiger partial charge is 0.349 e. The van der Waals surface area contributed by atoms with Crippen molar-refractivity contribution in [2.75, 3.05) is 25.0 Å². The molecule has 2 heterocycles. The predicted octanol–water partition coefficient (Wildman–Crippen LogP) is 4.53. The second-order valence-electron chi connectivity index (χ2n) is 9.65. The van der Waals surface area contributed by atoms with Gasteiger partial charge < -0.3 is 15.5 Å². The molecule has 2 N–H and O–H groups in total. The van der Waals surface area contributed by atoms with E-state index >= 15 is 0 Å². The maximum absolute atomic E-state index is 13.6. The third kappa shape index (κ3) is 5.52. The van der Waals surface area contributed by atoms with Crippen LogP contribution in [0.4, 0.5) is 23.7 Å². The first-order chi connectivity index (χ1) is 18.4. The predicted molar refractivity (Wildman–Crippen MR) is 138 cm³/mol. The zero-order valence-corrected chi connectivity index (χ0v) is 21.7. The Morgan fingerprint density at radius 3 is 2.44 bits per heavy atom. The van der Waals surface area contributed by atoms with E-state index in [0.717, 1.165) is 43.0 Å². The summed E-state index contributed by atoms with van der Waals surface area (Å²) in [7, 11) is 1.43. The van der Waals surface area contributed by atoms with Crippen LogP contribution in [0, 0.1) is 11.3 Å². The molecule has 204 valence electrons. The molecule has 4 rings (SSSR count). The van der Waals surface area contributed by atoms with Gasteiger partial charge in [0.1, 0.15) is 0 Å². The standard InChI is InChI=1S/C28H28F3N5O3/c1-16-24(17(2)37)25(35(3)27(39)36(16)21-6-4-5-19(14-21)28(29,30)31)22-8-7-18(15-32)13-23(22)26(38)34-20-9-11-33-12-10-20/h4-8,13-14,20,25,33H,9-12H2,1-3H3,(H,34,38). The molecule has 0 spiro atoms. The number of amides is 3. The van der Waals surface area contributed by atoms with Crippen LogP contribution in [0.2, 0.25) is 0 Å². The summed E-state index contributed by atoms with van der Waals surface area (Å²) in [5.74, 6) is -0.849. The average Bonchev–Trinajstić information content (AvgIpc) is 2.90. The number of benzene rings is 2. The molecule has 1 saturated heterocycles. The Bertz CT molecular complexity index is 1390. The van der Waals surface area contributed by atoms with Crippen molar-refractivity contribution in [3.8, 4) is 6.07 Å². The summed E-state index contributed by atoms with van der Waals surface area (Å²) in [5, 5.41) is 15.7. The van der Waals surface area contributed by atoms with Crippen LogP contribution in [0.3, 0.4) is 0 Å². The first-order valence-corrected chi connectivity index (χ1v) is 12.5. The number of Topliss-reactive ketones (excluding diaryl/α,β-unsaturated/α-hetero) is 1. The fraction of sp³-hybridized carbons (Fsp3) is 0.357. The van der Waals surface area contributed by atoms with Crippen molar-refractivity contribution in [3.63, 3.8) is 0 Å². The van der Waals surface area contributed by atoms with Crippen molar-refractivity contribution in [2.24, 2.45) is 0 Å². The van der Waals surface area contributed by atoms with Crippen molar-refractivity contribution in [3.05, 3.63) is 76.0 Å². The molecule has 0 saturated carbocycles. The Morgan fingerprint density at radius 2 is 1.82 bits per heavy atom. The van der Waals surface area contributed by atoms with E-state index in [1.54, 1.807) is 6.07 Å². The van der Waals surface area contributed by atoms with Crippen LogP contribution >= 0.6 is 0 Å². The van der Waals surface area contributed by atoms with E-state index in [1.165, 1.54) is 50.1 Å². The maximum atomic E-state index is 13.6. The van der Waals surface area contributed by atoms with E-state index in [1.807, 2.05) is 6.07 Å². The van der Waals surface area contributed by atoms with Crippen LogP contribution in [0.15, 0.2) is 53.7 Å². The number of rotatable bonds is 5. The van der Waals surface area contributed by atoms with Gasteiger partial charge in [0, 0.05) is 29.9 Å². The molecule has 2 aromatic rings. The number of carbonyl (C=O) groups is 3. The quantitative estimate of drug-likeness (QED) is 0.581. The minimum atomic E-state index is -4.62. The van der Waals surface area contributed by atoms with E-state index < -0.39 is 35.5 Å². The molecular formula is C28H28F3N5O3. The number of nitrogens with one attached hydrogen (secondary N) is 2. The molecule has 0 aromatic heterocycles. The van der Waals surface area contributed by atoms with Gasteiger partial charge in [-0.3, -0.25) is 14.5 Å². The van der Waals surface area contributed by atoms with Crippen LogP contribution in [-0.2, 0) is 11.0 Å². The molecule has 39 heavy (non-hydrogen) atoms. The maximum Gasteiger partial charge on any atom is 0.416 e. The average molecular weight is 540 g/mol. The third-order valence-corrected chi connectivity index (χ3v) is 7.09. The second-order valence-corrected chi connectivity index (χ2v) is 9.65. The molecular weight excluding hydrogens is 511 g/mol. The van der Waals surface area contributed by atoms with Gasteiger partial charge in [0.2, 0.25) is 0 Å². The lowest BCUT2D eigenvalue weighted by atomic mass is 9.87. The number of halogens is 3. The summed E-state index contributed by atoms with van der Waals surface area (Å²) in [6.07, 6.45) is -3.17.